The summed E-state index contributed by atoms with van der Waals surface area (Å²) < 4.78 is 5.89. The molecule has 2 N–H and O–H groups in total. The van der Waals surface area contributed by atoms with Crippen molar-refractivity contribution in [2.24, 2.45) is 0 Å². The fourth-order valence-electron chi connectivity index (χ4n) is 2.85. The van der Waals surface area contributed by atoms with Crippen LogP contribution in [0.5, 0.6) is 5.75 Å². The Labute approximate surface area is 153 Å². The molecule has 0 fully saturated rings. The van der Waals surface area contributed by atoms with Gasteiger partial charge in [-0.15, -0.1) is 0 Å². The van der Waals surface area contributed by atoms with E-state index in [2.05, 4.69) is 47.8 Å². The van der Waals surface area contributed by atoms with Gasteiger partial charge in [-0.25, -0.2) is 0 Å². The van der Waals surface area contributed by atoms with E-state index in [9.17, 15) is 4.79 Å². The van der Waals surface area contributed by atoms with Gasteiger partial charge in [-0.2, -0.15) is 0 Å². The minimum atomic E-state index is -0.789. The molecule has 0 saturated carbocycles. The number of aliphatic carboxylic acids is 1. The molecule has 0 saturated heterocycles. The highest BCUT2D eigenvalue weighted by molar-refractivity contribution is 5.82. The largest absolute Gasteiger partial charge is 0.493 e. The number of hydrogen-bond donors (Lipinski definition) is 2. The van der Waals surface area contributed by atoms with Gasteiger partial charge in [0.25, 0.3) is 0 Å². The van der Waals surface area contributed by atoms with Crippen LogP contribution >= 0.6 is 0 Å². The zero-order valence-corrected chi connectivity index (χ0v) is 14.7. The van der Waals surface area contributed by atoms with Crippen LogP contribution in [-0.4, -0.2) is 24.2 Å². The molecule has 0 spiro atoms. The molecule has 0 bridgehead atoms. The van der Waals surface area contributed by atoms with Gasteiger partial charge in [0, 0.05) is 19.5 Å². The van der Waals surface area contributed by atoms with Crippen LogP contribution in [0.3, 0.4) is 0 Å². The fraction of sp³-hybridized carbons (Fsp3) is 0.227. The molecule has 134 valence electrons. The third-order valence-corrected chi connectivity index (χ3v) is 4.22. The maximum absolute atomic E-state index is 10.5. The van der Waals surface area contributed by atoms with E-state index in [1.807, 2.05) is 24.3 Å². The van der Waals surface area contributed by atoms with Gasteiger partial charge in [-0.05, 0) is 34.0 Å². The molecule has 0 unspecified atom stereocenters. The predicted octanol–water partition coefficient (Wildman–Crippen LogP) is 4.03. The summed E-state index contributed by atoms with van der Waals surface area (Å²) in [5.74, 6) is 0.0478. The van der Waals surface area contributed by atoms with Gasteiger partial charge in [-0.3, -0.25) is 4.79 Å². The maximum atomic E-state index is 10.5. The third-order valence-electron chi connectivity index (χ3n) is 4.22. The third kappa shape index (κ3) is 5.33. The van der Waals surface area contributed by atoms with Gasteiger partial charge < -0.3 is 15.2 Å². The van der Waals surface area contributed by atoms with E-state index in [0.717, 1.165) is 17.7 Å². The molecule has 3 aromatic rings. The van der Waals surface area contributed by atoms with Crippen LogP contribution in [0.25, 0.3) is 10.8 Å². The zero-order valence-electron chi connectivity index (χ0n) is 14.7. The minimum Gasteiger partial charge on any atom is -0.493 e. The Morgan fingerprint density at radius 2 is 1.77 bits per heavy atom. The van der Waals surface area contributed by atoms with E-state index in [-0.39, 0.29) is 6.42 Å². The summed E-state index contributed by atoms with van der Waals surface area (Å²) in [7, 11) is 0. The van der Waals surface area contributed by atoms with Gasteiger partial charge in [0.15, 0.2) is 0 Å². The van der Waals surface area contributed by atoms with E-state index in [0.29, 0.717) is 19.7 Å². The molecule has 0 aliphatic carbocycles. The lowest BCUT2D eigenvalue weighted by atomic mass is 10.1. The number of rotatable bonds is 9. The van der Waals surface area contributed by atoms with Crippen LogP contribution in [0.2, 0.25) is 0 Å². The minimum absolute atomic E-state index is 0.127. The Kier molecular flexibility index (Phi) is 6.23. The van der Waals surface area contributed by atoms with E-state index in [1.54, 1.807) is 0 Å². The Morgan fingerprint density at radius 1 is 0.923 bits per heavy atom. The highest BCUT2D eigenvalue weighted by Gasteiger charge is 2.01. The summed E-state index contributed by atoms with van der Waals surface area (Å²) in [4.78, 5) is 10.5. The van der Waals surface area contributed by atoms with E-state index in [1.165, 1.54) is 16.3 Å². The SMILES string of the molecule is O=C(O)CCNCc1cccc(OCCc2ccc3ccccc3c2)c1. The average molecular weight is 349 g/mol. The molecule has 0 heterocycles. The van der Waals surface area contributed by atoms with Crippen molar-refractivity contribution in [1.29, 1.82) is 0 Å². The second-order valence-corrected chi connectivity index (χ2v) is 6.25. The Morgan fingerprint density at radius 3 is 2.62 bits per heavy atom. The van der Waals surface area contributed by atoms with Gasteiger partial charge >= 0.3 is 5.97 Å². The number of ether oxygens (including phenoxy) is 1. The first kappa shape index (κ1) is 18.0. The van der Waals surface area contributed by atoms with Crippen molar-refractivity contribution < 1.29 is 14.6 Å². The number of carboxylic acids is 1. The van der Waals surface area contributed by atoms with E-state index in [4.69, 9.17) is 9.84 Å². The van der Waals surface area contributed by atoms with Crippen LogP contribution in [0, 0.1) is 0 Å². The van der Waals surface area contributed by atoms with Crippen LogP contribution in [0.15, 0.2) is 66.7 Å². The number of nitrogens with one attached hydrogen (secondary N) is 1. The Bertz CT molecular complexity index is 876. The first-order valence-corrected chi connectivity index (χ1v) is 8.83. The molecule has 0 aliphatic rings. The van der Waals surface area contributed by atoms with Gasteiger partial charge in [0.05, 0.1) is 13.0 Å². The topological polar surface area (TPSA) is 58.6 Å². The molecule has 3 rings (SSSR count). The Hall–Kier alpha value is -2.85. The summed E-state index contributed by atoms with van der Waals surface area (Å²) in [5, 5.41) is 14.3. The predicted molar refractivity (Wildman–Crippen MR) is 104 cm³/mol. The summed E-state index contributed by atoms with van der Waals surface area (Å²) in [5.41, 5.74) is 2.34. The highest BCUT2D eigenvalue weighted by atomic mass is 16.5. The lowest BCUT2D eigenvalue weighted by molar-refractivity contribution is -0.136. The zero-order chi connectivity index (χ0) is 18.2. The molecule has 0 radical (unpaired) electrons. The number of carboxylic acid groups (broad SMARTS) is 1. The maximum Gasteiger partial charge on any atom is 0.304 e. The van der Waals surface area contributed by atoms with Crippen LogP contribution in [0.1, 0.15) is 17.5 Å². The molecule has 0 aromatic heterocycles. The normalized spacial score (nSPS) is 10.8. The van der Waals surface area contributed by atoms with Crippen molar-refractivity contribution in [2.75, 3.05) is 13.2 Å². The van der Waals surface area contributed by atoms with E-state index < -0.39 is 5.97 Å². The fourth-order valence-corrected chi connectivity index (χ4v) is 2.85. The van der Waals surface area contributed by atoms with Crippen LogP contribution in [-0.2, 0) is 17.8 Å². The second kappa shape index (κ2) is 9.02. The summed E-state index contributed by atoms with van der Waals surface area (Å²) in [6.07, 6.45) is 0.980. The first-order valence-electron chi connectivity index (χ1n) is 8.83. The number of hydrogen-bond acceptors (Lipinski definition) is 3. The molecule has 4 heteroatoms. The molecular formula is C22H23NO3. The first-order chi connectivity index (χ1) is 12.7. The molecule has 0 atom stereocenters. The van der Waals surface area contributed by atoms with Crippen molar-refractivity contribution in [1.82, 2.24) is 5.32 Å². The lowest BCUT2D eigenvalue weighted by Gasteiger charge is -2.09. The van der Waals surface area contributed by atoms with Crippen molar-refractivity contribution in [3.63, 3.8) is 0 Å². The molecule has 4 nitrogen and oxygen atoms in total. The lowest BCUT2D eigenvalue weighted by Crippen LogP contribution is -2.17. The number of carbonyl (C=O) groups is 1. The number of fused-ring (bicyclic) bond motifs is 1. The second-order valence-electron chi connectivity index (χ2n) is 6.25. The van der Waals surface area contributed by atoms with Crippen molar-refractivity contribution >= 4 is 16.7 Å². The number of benzene rings is 3. The van der Waals surface area contributed by atoms with Gasteiger partial charge in [0.2, 0.25) is 0 Å². The average Bonchev–Trinajstić information content (AvgIpc) is 2.65. The van der Waals surface area contributed by atoms with Gasteiger partial charge in [-0.1, -0.05) is 54.6 Å². The smallest absolute Gasteiger partial charge is 0.304 e. The van der Waals surface area contributed by atoms with E-state index >= 15 is 0 Å². The molecule has 26 heavy (non-hydrogen) atoms. The van der Waals surface area contributed by atoms with Crippen LogP contribution < -0.4 is 10.1 Å². The molecular weight excluding hydrogens is 326 g/mol. The quantitative estimate of drug-likeness (QED) is 0.573. The summed E-state index contributed by atoms with van der Waals surface area (Å²) >= 11 is 0. The van der Waals surface area contributed by atoms with Crippen molar-refractivity contribution in [3.05, 3.63) is 77.9 Å². The molecule has 0 aliphatic heterocycles. The van der Waals surface area contributed by atoms with Crippen molar-refractivity contribution in [2.45, 2.75) is 19.4 Å². The monoisotopic (exact) mass is 349 g/mol. The molecule has 3 aromatic carbocycles. The summed E-state index contributed by atoms with van der Waals surface area (Å²) in [6, 6.07) is 22.8. The standard InChI is InChI=1S/C22H23NO3/c24-22(25)10-12-23-16-18-4-3-7-21(15-18)26-13-11-17-8-9-19-5-1-2-6-20(19)14-17/h1-9,14-15,23H,10-13,16H2,(H,24,25). The highest BCUT2D eigenvalue weighted by Crippen LogP contribution is 2.17. The Balaban J connectivity index is 1.49. The van der Waals surface area contributed by atoms with Crippen molar-refractivity contribution in [3.8, 4) is 5.75 Å². The molecule has 0 amide bonds. The van der Waals surface area contributed by atoms with Crippen LogP contribution in [0.4, 0.5) is 0 Å². The van der Waals surface area contributed by atoms with Gasteiger partial charge in [0.1, 0.15) is 5.75 Å². The summed E-state index contributed by atoms with van der Waals surface area (Å²) in [6.45, 7) is 1.71.